The Morgan fingerprint density at radius 2 is 2.16 bits per heavy atom. The summed E-state index contributed by atoms with van der Waals surface area (Å²) in [6.07, 6.45) is 5.69. The zero-order valence-corrected chi connectivity index (χ0v) is 12.5. The third-order valence-corrected chi connectivity index (χ3v) is 4.78. The van der Waals surface area contributed by atoms with Crippen molar-refractivity contribution in [1.82, 2.24) is 15.5 Å². The van der Waals surface area contributed by atoms with Crippen molar-refractivity contribution in [1.29, 1.82) is 0 Å². The second kappa shape index (κ2) is 6.71. The van der Waals surface area contributed by atoms with Crippen LogP contribution in [0.1, 0.15) is 46.0 Å². The van der Waals surface area contributed by atoms with E-state index in [0.717, 1.165) is 38.9 Å². The summed E-state index contributed by atoms with van der Waals surface area (Å²) in [7, 11) is 0. The van der Waals surface area contributed by atoms with Gasteiger partial charge >= 0.3 is 0 Å². The highest BCUT2D eigenvalue weighted by Gasteiger charge is 2.40. The van der Waals surface area contributed by atoms with Gasteiger partial charge in [0.15, 0.2) is 0 Å². The van der Waals surface area contributed by atoms with Gasteiger partial charge in [-0.25, -0.2) is 0 Å². The molecule has 110 valence electrons. The van der Waals surface area contributed by atoms with Gasteiger partial charge in [-0.05, 0) is 52.2 Å². The molecule has 2 aliphatic heterocycles. The summed E-state index contributed by atoms with van der Waals surface area (Å²) in [6, 6.07) is 0.472. The third kappa shape index (κ3) is 3.48. The highest BCUT2D eigenvalue weighted by atomic mass is 16.2. The zero-order chi connectivity index (χ0) is 13.7. The summed E-state index contributed by atoms with van der Waals surface area (Å²) in [4.78, 5) is 15.0. The fraction of sp³-hybridized carbons (Fsp3) is 0.933. The largest absolute Gasteiger partial charge is 0.354 e. The molecule has 0 radical (unpaired) electrons. The molecule has 2 atom stereocenters. The normalized spacial score (nSPS) is 29.6. The molecule has 0 spiro atoms. The van der Waals surface area contributed by atoms with Crippen LogP contribution in [0.3, 0.4) is 0 Å². The second-order valence-corrected chi connectivity index (χ2v) is 6.26. The van der Waals surface area contributed by atoms with E-state index in [4.69, 9.17) is 0 Å². The summed E-state index contributed by atoms with van der Waals surface area (Å²) in [5.74, 6) is 0.269. The minimum atomic E-state index is -0.139. The first-order valence-electron chi connectivity index (χ1n) is 7.91. The molecule has 1 amide bonds. The summed E-state index contributed by atoms with van der Waals surface area (Å²) in [5.41, 5.74) is -0.139. The summed E-state index contributed by atoms with van der Waals surface area (Å²) in [5, 5.41) is 6.56. The molecule has 2 rings (SSSR count). The van der Waals surface area contributed by atoms with Gasteiger partial charge < -0.3 is 10.6 Å². The van der Waals surface area contributed by atoms with Crippen molar-refractivity contribution in [3.63, 3.8) is 0 Å². The van der Waals surface area contributed by atoms with Crippen LogP contribution in [0.5, 0.6) is 0 Å². The van der Waals surface area contributed by atoms with Crippen molar-refractivity contribution < 1.29 is 4.79 Å². The maximum Gasteiger partial charge on any atom is 0.227 e. The lowest BCUT2D eigenvalue weighted by molar-refractivity contribution is -0.130. The van der Waals surface area contributed by atoms with Crippen LogP contribution in [0.4, 0.5) is 0 Å². The highest BCUT2D eigenvalue weighted by molar-refractivity contribution is 5.83. The van der Waals surface area contributed by atoms with Crippen LogP contribution in [0.15, 0.2) is 0 Å². The molecule has 0 aromatic rings. The Balaban J connectivity index is 1.82. The quantitative estimate of drug-likeness (QED) is 0.764. The van der Waals surface area contributed by atoms with Crippen molar-refractivity contribution in [3.05, 3.63) is 0 Å². The van der Waals surface area contributed by atoms with E-state index in [1.807, 2.05) is 0 Å². The molecule has 0 aromatic heterocycles. The molecule has 2 N–H and O–H groups in total. The van der Waals surface area contributed by atoms with Gasteiger partial charge in [0.05, 0.1) is 5.41 Å². The topological polar surface area (TPSA) is 44.4 Å². The molecule has 4 nitrogen and oxygen atoms in total. The number of rotatable bonds is 6. The van der Waals surface area contributed by atoms with E-state index in [1.54, 1.807) is 0 Å². The van der Waals surface area contributed by atoms with E-state index in [9.17, 15) is 4.79 Å². The molecule has 0 saturated carbocycles. The smallest absolute Gasteiger partial charge is 0.227 e. The molecule has 4 heteroatoms. The van der Waals surface area contributed by atoms with Crippen molar-refractivity contribution in [3.8, 4) is 0 Å². The fourth-order valence-electron chi connectivity index (χ4n) is 3.48. The Hall–Kier alpha value is -0.610. The predicted molar refractivity (Wildman–Crippen MR) is 78.1 cm³/mol. The van der Waals surface area contributed by atoms with Crippen LogP contribution in [0, 0.1) is 5.41 Å². The molecular weight excluding hydrogens is 238 g/mol. The monoisotopic (exact) mass is 267 g/mol. The van der Waals surface area contributed by atoms with Crippen LogP contribution >= 0.6 is 0 Å². The fourth-order valence-corrected chi connectivity index (χ4v) is 3.48. The molecule has 0 aliphatic carbocycles. The Bertz CT molecular complexity index is 294. The van der Waals surface area contributed by atoms with E-state index in [-0.39, 0.29) is 11.3 Å². The summed E-state index contributed by atoms with van der Waals surface area (Å²) < 4.78 is 0. The molecule has 0 bridgehead atoms. The predicted octanol–water partition coefficient (Wildman–Crippen LogP) is 1.37. The summed E-state index contributed by atoms with van der Waals surface area (Å²) in [6.45, 7) is 9.41. The van der Waals surface area contributed by atoms with E-state index >= 15 is 0 Å². The lowest BCUT2D eigenvalue weighted by Crippen LogP contribution is -2.47. The number of likely N-dealkylation sites (tertiary alicyclic amines) is 1. The Morgan fingerprint density at radius 3 is 2.74 bits per heavy atom. The van der Waals surface area contributed by atoms with Crippen LogP contribution in [-0.2, 0) is 4.79 Å². The van der Waals surface area contributed by atoms with Crippen LogP contribution in [-0.4, -0.2) is 49.6 Å². The number of nitrogens with zero attached hydrogens (tertiary/aromatic N) is 1. The first-order valence-corrected chi connectivity index (χ1v) is 7.91. The minimum Gasteiger partial charge on any atom is -0.354 e. The van der Waals surface area contributed by atoms with Gasteiger partial charge in [0, 0.05) is 19.1 Å². The SMILES string of the molecule is CCCC1(C(=O)NCC(C)N2CCCC2)CCNC1. The molecule has 2 unspecified atom stereocenters. The van der Waals surface area contributed by atoms with E-state index < -0.39 is 0 Å². The molecule has 2 heterocycles. The zero-order valence-electron chi connectivity index (χ0n) is 12.5. The number of carbonyl (C=O) groups is 1. The van der Waals surface area contributed by atoms with Gasteiger partial charge in [-0.3, -0.25) is 9.69 Å². The first kappa shape index (κ1) is 14.8. The van der Waals surface area contributed by atoms with E-state index in [1.165, 1.54) is 25.9 Å². The second-order valence-electron chi connectivity index (χ2n) is 6.26. The summed E-state index contributed by atoms with van der Waals surface area (Å²) >= 11 is 0. The molecule has 2 saturated heterocycles. The third-order valence-electron chi connectivity index (χ3n) is 4.78. The van der Waals surface area contributed by atoms with Gasteiger partial charge in [0.2, 0.25) is 5.91 Å². The highest BCUT2D eigenvalue weighted by Crippen LogP contribution is 2.31. The number of amides is 1. The Labute approximate surface area is 117 Å². The average molecular weight is 267 g/mol. The van der Waals surface area contributed by atoms with Crippen LogP contribution in [0.25, 0.3) is 0 Å². The maximum atomic E-state index is 12.5. The van der Waals surface area contributed by atoms with Crippen molar-refractivity contribution in [2.24, 2.45) is 5.41 Å². The van der Waals surface area contributed by atoms with Gasteiger partial charge in [-0.2, -0.15) is 0 Å². The lowest BCUT2D eigenvalue weighted by atomic mass is 9.81. The molecular formula is C15H29N3O. The minimum absolute atomic E-state index is 0.139. The molecule has 2 aliphatic rings. The number of hydrogen-bond acceptors (Lipinski definition) is 3. The van der Waals surface area contributed by atoms with Gasteiger partial charge in [0.1, 0.15) is 0 Å². The van der Waals surface area contributed by atoms with Crippen molar-refractivity contribution in [2.45, 2.75) is 52.0 Å². The maximum absolute atomic E-state index is 12.5. The first-order chi connectivity index (χ1) is 9.18. The number of carbonyl (C=O) groups excluding carboxylic acids is 1. The molecule has 0 aromatic carbocycles. The molecule has 19 heavy (non-hydrogen) atoms. The van der Waals surface area contributed by atoms with Crippen molar-refractivity contribution in [2.75, 3.05) is 32.7 Å². The van der Waals surface area contributed by atoms with E-state index in [0.29, 0.717) is 6.04 Å². The number of nitrogens with one attached hydrogen (secondary N) is 2. The van der Waals surface area contributed by atoms with Crippen molar-refractivity contribution >= 4 is 5.91 Å². The van der Waals surface area contributed by atoms with E-state index in [2.05, 4.69) is 29.4 Å². The Kier molecular flexibility index (Phi) is 5.22. The molecule has 2 fully saturated rings. The van der Waals surface area contributed by atoms with Gasteiger partial charge in [-0.1, -0.05) is 13.3 Å². The number of hydrogen-bond donors (Lipinski definition) is 2. The average Bonchev–Trinajstić information content (AvgIpc) is 3.07. The standard InChI is InChI=1S/C15H29N3O/c1-3-6-15(7-8-16-12-15)14(19)17-11-13(2)18-9-4-5-10-18/h13,16H,3-12H2,1-2H3,(H,17,19). The Morgan fingerprint density at radius 1 is 1.42 bits per heavy atom. The van der Waals surface area contributed by atoms with Crippen LogP contribution in [0.2, 0.25) is 0 Å². The van der Waals surface area contributed by atoms with Crippen LogP contribution < -0.4 is 10.6 Å². The van der Waals surface area contributed by atoms with Gasteiger partial charge in [-0.15, -0.1) is 0 Å². The van der Waals surface area contributed by atoms with Gasteiger partial charge in [0.25, 0.3) is 0 Å². The lowest BCUT2D eigenvalue weighted by Gasteiger charge is -2.29.